The van der Waals surface area contributed by atoms with Gasteiger partial charge in [0.15, 0.2) is 68.2 Å². The molecule has 0 saturated heterocycles. The van der Waals surface area contributed by atoms with Gasteiger partial charge in [-0.2, -0.15) is 9.13 Å². The topological polar surface area (TPSA) is 224 Å². The Kier molecular flexibility index (Phi) is 14.3. The van der Waals surface area contributed by atoms with Crippen LogP contribution < -0.4 is 18.3 Å². The smallest absolute Gasteiger partial charge is 0.334 e. The van der Waals surface area contributed by atoms with E-state index in [-0.39, 0.29) is 0 Å². The van der Waals surface area contributed by atoms with Gasteiger partial charge < -0.3 is 35.3 Å². The Hall–Kier alpha value is -12.8. The van der Waals surface area contributed by atoms with Gasteiger partial charge in [0, 0.05) is 34.9 Å². The molecule has 20 rings (SSSR count). The standard InChI is InChI=1S/4C20H16N3O2/c1-11-5-7-13-16(15(11)19-21-9-4-10-23(19)3)24-18-14-8-6-12(2)22-20(14)25-17(13)18;1-11-9-15-16(10-14(11)19-21-7-4-8-23(19)3)24-17-13-6-5-12(2)22-20(13)25-18(15)17;1-11-4-6-13-17(16(11)15-10-21-8-9-23(15)3)24-19-14-7-5-12(2)22-20(14)25-18(13)19;1-11-8-15-17(9-14(11)16-10-21-6-7-23(16)3)24-18-13-5-4-12(2)22-20(13)25-19(15)18/h4*4-10H,1-3H3/q4*+1. The maximum atomic E-state index is 6.29. The molecule has 100 heavy (non-hydrogen) atoms. The average Bonchev–Trinajstić information content (AvgIpc) is 1.59. The van der Waals surface area contributed by atoms with E-state index in [0.717, 1.165) is 200 Å². The molecule has 0 aliphatic heterocycles. The van der Waals surface area contributed by atoms with Gasteiger partial charge in [0.1, 0.15) is 43.2 Å². The summed E-state index contributed by atoms with van der Waals surface area (Å²) in [6.07, 6.45) is 18.7. The Balaban J connectivity index is 0.0000000997. The van der Waals surface area contributed by atoms with Gasteiger partial charge in [-0.3, -0.25) is 9.97 Å². The lowest BCUT2D eigenvalue weighted by atomic mass is 10.0. The van der Waals surface area contributed by atoms with E-state index >= 15 is 0 Å². The van der Waals surface area contributed by atoms with E-state index in [1.807, 2.05) is 186 Å². The third-order valence-electron chi connectivity index (χ3n) is 18.5. The predicted molar refractivity (Wildman–Crippen MR) is 381 cm³/mol. The first-order valence-corrected chi connectivity index (χ1v) is 32.6. The van der Waals surface area contributed by atoms with Crippen molar-refractivity contribution in [2.45, 2.75) is 55.4 Å². The van der Waals surface area contributed by atoms with Crippen LogP contribution in [0.4, 0.5) is 0 Å². The molecule has 20 nitrogen and oxygen atoms in total. The van der Waals surface area contributed by atoms with E-state index < -0.39 is 0 Å². The summed E-state index contributed by atoms with van der Waals surface area (Å²) in [6.45, 7) is 16.1. The largest absolute Gasteiger partial charge is 0.452 e. The average molecular weight is 1320 g/mol. The first kappa shape index (κ1) is 60.8. The van der Waals surface area contributed by atoms with Crippen LogP contribution in [0, 0.1) is 55.4 Å². The molecule has 0 aliphatic carbocycles. The molecular formula is C80H64N12O8+4. The van der Waals surface area contributed by atoms with Crippen LogP contribution in [0.1, 0.15) is 45.0 Å². The van der Waals surface area contributed by atoms with Crippen molar-refractivity contribution in [3.63, 3.8) is 0 Å². The maximum absolute atomic E-state index is 6.29. The minimum absolute atomic E-state index is 0.612. The zero-order chi connectivity index (χ0) is 68.5. The number of pyridine rings is 4. The summed E-state index contributed by atoms with van der Waals surface area (Å²) in [7, 11) is 7.98. The third-order valence-corrected chi connectivity index (χ3v) is 18.5. The summed E-state index contributed by atoms with van der Waals surface area (Å²) in [5.41, 5.74) is 26.1. The SMILES string of the molecule is Cc1ccc2c(n1)oc1c3cc(C)c(-c4cncc[n+]4C)cc3oc21.Cc1ccc2c(n1)oc1c3cc(C)c(-c4nccc[n+]4C)cc3oc21.Cc1ccc2c(n1)oc1c3ccc(C)c(-c4cncc[n+]4C)c3oc21.Cc1ccc2c(n1)oc1c3ccc(C)c(-c4nccc[n+]4C)c3oc21. The fourth-order valence-electron chi connectivity index (χ4n) is 13.4. The van der Waals surface area contributed by atoms with E-state index in [9.17, 15) is 0 Å². The number of furan rings is 8. The van der Waals surface area contributed by atoms with E-state index in [4.69, 9.17) is 35.3 Å². The summed E-state index contributed by atoms with van der Waals surface area (Å²) in [5.74, 6) is 1.76. The normalized spacial score (nSPS) is 11.8. The first-order chi connectivity index (χ1) is 48.5. The van der Waals surface area contributed by atoms with Gasteiger partial charge in [-0.1, -0.05) is 12.1 Å². The van der Waals surface area contributed by atoms with Crippen LogP contribution >= 0.6 is 0 Å². The Morgan fingerprint density at radius 3 is 1.11 bits per heavy atom. The molecule has 0 unspecified atom stereocenters. The second-order valence-electron chi connectivity index (χ2n) is 25.5. The van der Waals surface area contributed by atoms with E-state index in [1.165, 1.54) is 0 Å². The van der Waals surface area contributed by atoms with Crippen LogP contribution in [0.2, 0.25) is 0 Å². The highest BCUT2D eigenvalue weighted by Gasteiger charge is 2.29. The number of hydrogen-bond acceptors (Lipinski definition) is 16. The Labute approximate surface area is 568 Å². The molecule has 0 atom stereocenters. The van der Waals surface area contributed by atoms with Crippen molar-refractivity contribution >= 4 is 133 Å². The van der Waals surface area contributed by atoms with Crippen molar-refractivity contribution in [1.82, 2.24) is 39.9 Å². The minimum Gasteiger partial charge on any atom is -0.452 e. The zero-order valence-electron chi connectivity index (χ0n) is 56.8. The van der Waals surface area contributed by atoms with Crippen LogP contribution in [0.3, 0.4) is 0 Å². The van der Waals surface area contributed by atoms with Gasteiger partial charge in [-0.15, -0.1) is 0 Å². The highest BCUT2D eigenvalue weighted by molar-refractivity contribution is 6.17. The minimum atomic E-state index is 0.612. The number of fused-ring (bicyclic) bond motifs is 20. The van der Waals surface area contributed by atoms with Gasteiger partial charge in [-0.25, -0.2) is 29.1 Å². The van der Waals surface area contributed by atoms with Crippen LogP contribution in [-0.2, 0) is 28.2 Å². The van der Waals surface area contributed by atoms with Gasteiger partial charge in [0.25, 0.3) is 0 Å². The molecule has 16 heterocycles. The molecule has 0 spiro atoms. The highest BCUT2D eigenvalue weighted by atomic mass is 16.4. The quantitative estimate of drug-likeness (QED) is 0.149. The molecule has 0 N–H and O–H groups in total. The molecule has 4 aromatic carbocycles. The Morgan fingerprint density at radius 2 is 0.660 bits per heavy atom. The lowest BCUT2D eigenvalue weighted by molar-refractivity contribution is -0.663. The lowest BCUT2D eigenvalue weighted by Gasteiger charge is -2.04. The second kappa shape index (κ2) is 23.5. The molecule has 0 amide bonds. The van der Waals surface area contributed by atoms with Crippen molar-refractivity contribution in [2.75, 3.05) is 0 Å². The zero-order valence-corrected chi connectivity index (χ0v) is 56.8. The van der Waals surface area contributed by atoms with Gasteiger partial charge in [0.05, 0.1) is 111 Å². The Morgan fingerprint density at radius 1 is 0.290 bits per heavy atom. The number of rotatable bonds is 4. The predicted octanol–water partition coefficient (Wildman–Crippen LogP) is 16.9. The van der Waals surface area contributed by atoms with Gasteiger partial charge >= 0.3 is 11.6 Å². The molecule has 0 saturated carbocycles. The number of aryl methyl sites for hydroxylation is 12. The summed E-state index contributed by atoms with van der Waals surface area (Å²) < 4.78 is 56.9. The molecule has 0 aliphatic rings. The second-order valence-corrected chi connectivity index (χ2v) is 25.5. The van der Waals surface area contributed by atoms with Crippen LogP contribution in [0.5, 0.6) is 0 Å². The van der Waals surface area contributed by atoms with Crippen LogP contribution in [0.25, 0.3) is 178 Å². The fourth-order valence-corrected chi connectivity index (χ4v) is 13.4. The molecular weight excluding hydrogens is 1260 g/mol. The summed E-state index contributed by atoms with van der Waals surface area (Å²) in [6, 6.07) is 36.3. The number of nitrogens with zero attached hydrogens (tertiary/aromatic N) is 12. The van der Waals surface area contributed by atoms with E-state index in [1.54, 1.807) is 24.8 Å². The highest BCUT2D eigenvalue weighted by Crippen LogP contribution is 2.44. The van der Waals surface area contributed by atoms with E-state index in [0.29, 0.717) is 22.9 Å². The fraction of sp³-hybridized carbons (Fsp3) is 0.150. The monoisotopic (exact) mass is 1320 g/mol. The number of benzene rings is 4. The molecule has 16 aromatic heterocycles. The first-order valence-electron chi connectivity index (χ1n) is 32.6. The van der Waals surface area contributed by atoms with Crippen molar-refractivity contribution in [3.8, 4) is 45.3 Å². The van der Waals surface area contributed by atoms with Crippen molar-refractivity contribution in [3.05, 3.63) is 216 Å². The summed E-state index contributed by atoms with van der Waals surface area (Å²) in [4.78, 5) is 35.4. The lowest BCUT2D eigenvalue weighted by Crippen LogP contribution is -2.31. The molecule has 0 bridgehead atoms. The van der Waals surface area contributed by atoms with Crippen molar-refractivity contribution < 1.29 is 53.6 Å². The van der Waals surface area contributed by atoms with Crippen molar-refractivity contribution in [2.24, 2.45) is 28.2 Å². The maximum Gasteiger partial charge on any atom is 0.334 e. The van der Waals surface area contributed by atoms with E-state index in [2.05, 4.69) is 102 Å². The third kappa shape index (κ3) is 10.0. The van der Waals surface area contributed by atoms with Crippen LogP contribution in [-0.4, -0.2) is 39.9 Å². The van der Waals surface area contributed by atoms with Crippen LogP contribution in [0.15, 0.2) is 207 Å². The molecule has 0 radical (unpaired) electrons. The van der Waals surface area contributed by atoms with Gasteiger partial charge in [0.2, 0.25) is 34.2 Å². The summed E-state index contributed by atoms with van der Waals surface area (Å²) in [5, 5.41) is 7.43. The van der Waals surface area contributed by atoms with Crippen molar-refractivity contribution in [1.29, 1.82) is 0 Å². The van der Waals surface area contributed by atoms with Gasteiger partial charge in [-0.05, 0) is 173 Å². The summed E-state index contributed by atoms with van der Waals surface area (Å²) >= 11 is 0. The molecule has 20 aromatic rings. The Bertz CT molecular complexity index is 6330. The molecule has 488 valence electrons. The molecule has 0 fully saturated rings. The number of hydrogen-bond donors (Lipinski definition) is 0. The molecule has 20 heteroatoms. The number of aromatic nitrogens is 12.